The molecule has 1 heterocycles. The second-order valence-corrected chi connectivity index (χ2v) is 3.13. The molecule has 1 aromatic rings. The maximum atomic E-state index is 11.4. The third kappa shape index (κ3) is 4.12. The van der Waals surface area contributed by atoms with Crippen molar-refractivity contribution in [3.8, 4) is 0 Å². The van der Waals surface area contributed by atoms with Gasteiger partial charge in [0.1, 0.15) is 5.69 Å². The van der Waals surface area contributed by atoms with Crippen LogP contribution >= 0.6 is 0 Å². The number of nitrogens with zero attached hydrogens (tertiary/aromatic N) is 1. The molecule has 1 amide bonds. The second-order valence-electron chi connectivity index (χ2n) is 3.13. The van der Waals surface area contributed by atoms with Crippen molar-refractivity contribution in [1.29, 1.82) is 0 Å². The Labute approximate surface area is 93.4 Å². The van der Waals surface area contributed by atoms with Crippen LogP contribution in [-0.4, -0.2) is 35.2 Å². The maximum Gasteiger partial charge on any atom is 0.305 e. The molecule has 6 heteroatoms. The van der Waals surface area contributed by atoms with Gasteiger partial charge in [-0.1, -0.05) is 0 Å². The molecular formula is C10H15N3O3. The van der Waals surface area contributed by atoms with E-state index >= 15 is 0 Å². The minimum Gasteiger partial charge on any atom is -0.466 e. The first-order valence-corrected chi connectivity index (χ1v) is 5.17. The highest BCUT2D eigenvalue weighted by Gasteiger charge is 2.06. The molecule has 88 valence electrons. The van der Waals surface area contributed by atoms with E-state index in [0.717, 1.165) is 0 Å². The van der Waals surface area contributed by atoms with Crippen molar-refractivity contribution in [2.24, 2.45) is 0 Å². The number of ether oxygens (including phenoxy) is 1. The predicted molar refractivity (Wildman–Crippen MR) is 56.8 cm³/mol. The number of carbonyl (C=O) groups excluding carboxylic acids is 2. The summed E-state index contributed by atoms with van der Waals surface area (Å²) < 4.78 is 4.75. The molecule has 0 bridgehead atoms. The molecule has 0 aliphatic rings. The van der Waals surface area contributed by atoms with Gasteiger partial charge in [-0.15, -0.1) is 0 Å². The lowest BCUT2D eigenvalue weighted by atomic mass is 10.3. The number of esters is 1. The van der Waals surface area contributed by atoms with E-state index in [2.05, 4.69) is 15.5 Å². The summed E-state index contributed by atoms with van der Waals surface area (Å²) >= 11 is 0. The number of hydrogen-bond donors (Lipinski definition) is 2. The molecule has 0 atom stereocenters. The summed E-state index contributed by atoms with van der Waals surface area (Å²) in [5.74, 6) is -0.459. The molecule has 0 saturated heterocycles. The van der Waals surface area contributed by atoms with Gasteiger partial charge in [0, 0.05) is 19.2 Å². The number of H-pyrrole nitrogens is 1. The van der Waals surface area contributed by atoms with E-state index < -0.39 is 0 Å². The van der Waals surface area contributed by atoms with E-state index in [1.54, 1.807) is 13.0 Å². The Morgan fingerprint density at radius 3 is 3.00 bits per heavy atom. The zero-order valence-electron chi connectivity index (χ0n) is 9.16. The van der Waals surface area contributed by atoms with E-state index in [4.69, 9.17) is 4.74 Å². The minimum atomic E-state index is -0.238. The second kappa shape index (κ2) is 6.60. The van der Waals surface area contributed by atoms with Gasteiger partial charge in [-0.25, -0.2) is 0 Å². The highest BCUT2D eigenvalue weighted by molar-refractivity contribution is 5.92. The van der Waals surface area contributed by atoms with Crippen molar-refractivity contribution in [2.45, 2.75) is 19.8 Å². The van der Waals surface area contributed by atoms with E-state index in [1.165, 1.54) is 6.20 Å². The van der Waals surface area contributed by atoms with Crippen molar-refractivity contribution in [3.63, 3.8) is 0 Å². The largest absolute Gasteiger partial charge is 0.466 e. The third-order valence-electron chi connectivity index (χ3n) is 1.89. The van der Waals surface area contributed by atoms with Crippen LogP contribution in [0.3, 0.4) is 0 Å². The smallest absolute Gasteiger partial charge is 0.305 e. The molecule has 0 unspecified atom stereocenters. The fourth-order valence-electron chi connectivity index (χ4n) is 1.15. The highest BCUT2D eigenvalue weighted by atomic mass is 16.5. The van der Waals surface area contributed by atoms with Gasteiger partial charge in [0.15, 0.2) is 0 Å². The van der Waals surface area contributed by atoms with Crippen LogP contribution in [0.5, 0.6) is 0 Å². The molecule has 0 spiro atoms. The van der Waals surface area contributed by atoms with Crippen LogP contribution in [0.1, 0.15) is 30.3 Å². The van der Waals surface area contributed by atoms with Crippen LogP contribution in [-0.2, 0) is 9.53 Å². The Kier molecular flexibility index (Phi) is 5.04. The average molecular weight is 225 g/mol. The van der Waals surface area contributed by atoms with Gasteiger partial charge in [0.05, 0.1) is 6.61 Å². The molecule has 16 heavy (non-hydrogen) atoms. The van der Waals surface area contributed by atoms with Crippen molar-refractivity contribution in [2.75, 3.05) is 13.2 Å². The third-order valence-corrected chi connectivity index (χ3v) is 1.89. The van der Waals surface area contributed by atoms with Crippen LogP contribution in [0.15, 0.2) is 12.3 Å². The van der Waals surface area contributed by atoms with Crippen LogP contribution in [0, 0.1) is 0 Å². The van der Waals surface area contributed by atoms with Crippen LogP contribution in [0.2, 0.25) is 0 Å². The van der Waals surface area contributed by atoms with Gasteiger partial charge < -0.3 is 10.1 Å². The first-order chi connectivity index (χ1) is 7.74. The Bertz CT molecular complexity index is 335. The molecule has 6 nitrogen and oxygen atoms in total. The normalized spacial score (nSPS) is 9.81. The van der Waals surface area contributed by atoms with Crippen molar-refractivity contribution < 1.29 is 14.3 Å². The molecule has 0 fully saturated rings. The highest BCUT2D eigenvalue weighted by Crippen LogP contribution is 1.94. The standard InChI is InChI=1S/C10H15N3O3/c1-2-16-9(14)4-3-6-11-10(15)8-5-7-12-13-8/h5,7H,2-4,6H2,1H3,(H,11,15)(H,12,13). The first-order valence-electron chi connectivity index (χ1n) is 5.17. The Balaban J connectivity index is 2.12. The summed E-state index contributed by atoms with van der Waals surface area (Å²) in [7, 11) is 0. The summed E-state index contributed by atoms with van der Waals surface area (Å²) in [5, 5.41) is 8.88. The summed E-state index contributed by atoms with van der Waals surface area (Å²) in [6, 6.07) is 1.58. The van der Waals surface area contributed by atoms with Gasteiger partial charge in [-0.2, -0.15) is 5.10 Å². The Morgan fingerprint density at radius 1 is 1.56 bits per heavy atom. The van der Waals surface area contributed by atoms with E-state index in [0.29, 0.717) is 31.7 Å². The molecule has 0 saturated carbocycles. The number of aromatic amines is 1. The van der Waals surface area contributed by atoms with Crippen LogP contribution < -0.4 is 5.32 Å². The lowest BCUT2D eigenvalue weighted by molar-refractivity contribution is -0.143. The topological polar surface area (TPSA) is 84.1 Å². The number of amides is 1. The Hall–Kier alpha value is -1.85. The predicted octanol–water partition coefficient (Wildman–Crippen LogP) is 0.483. The summed E-state index contributed by atoms with van der Waals surface area (Å²) in [5.41, 5.74) is 0.413. The SMILES string of the molecule is CCOC(=O)CCCNC(=O)c1ccn[nH]1. The Morgan fingerprint density at radius 2 is 2.38 bits per heavy atom. The number of rotatable bonds is 6. The quantitative estimate of drug-likeness (QED) is 0.545. The molecule has 1 rings (SSSR count). The number of hydrogen-bond acceptors (Lipinski definition) is 4. The maximum absolute atomic E-state index is 11.4. The molecule has 0 aliphatic carbocycles. The summed E-state index contributed by atoms with van der Waals surface area (Å²) in [4.78, 5) is 22.3. The van der Waals surface area contributed by atoms with Gasteiger partial charge in [0.25, 0.3) is 5.91 Å². The molecule has 0 radical (unpaired) electrons. The van der Waals surface area contributed by atoms with Gasteiger partial charge in [-0.05, 0) is 19.4 Å². The van der Waals surface area contributed by atoms with E-state index in [9.17, 15) is 9.59 Å². The lowest BCUT2D eigenvalue weighted by Crippen LogP contribution is -2.25. The van der Waals surface area contributed by atoms with Crippen LogP contribution in [0.25, 0.3) is 0 Å². The number of carbonyl (C=O) groups is 2. The van der Waals surface area contributed by atoms with Gasteiger partial charge in [0.2, 0.25) is 0 Å². The molecule has 2 N–H and O–H groups in total. The van der Waals surface area contributed by atoms with Crippen LogP contribution in [0.4, 0.5) is 0 Å². The first kappa shape index (κ1) is 12.2. The molecule has 0 aromatic carbocycles. The van der Waals surface area contributed by atoms with Crippen molar-refractivity contribution in [3.05, 3.63) is 18.0 Å². The fraction of sp³-hybridized carbons (Fsp3) is 0.500. The fourth-order valence-corrected chi connectivity index (χ4v) is 1.15. The van der Waals surface area contributed by atoms with Gasteiger partial charge in [-0.3, -0.25) is 14.7 Å². The van der Waals surface area contributed by atoms with Crippen molar-refractivity contribution >= 4 is 11.9 Å². The zero-order chi connectivity index (χ0) is 11.8. The molecule has 0 aliphatic heterocycles. The lowest BCUT2D eigenvalue weighted by Gasteiger charge is -2.03. The summed E-state index contributed by atoms with van der Waals surface area (Å²) in [6.07, 6.45) is 2.39. The number of nitrogens with one attached hydrogen (secondary N) is 2. The molecule has 1 aromatic heterocycles. The molecular weight excluding hydrogens is 210 g/mol. The van der Waals surface area contributed by atoms with Gasteiger partial charge >= 0.3 is 5.97 Å². The monoisotopic (exact) mass is 225 g/mol. The van der Waals surface area contributed by atoms with E-state index in [-0.39, 0.29) is 11.9 Å². The summed E-state index contributed by atoms with van der Waals surface area (Å²) in [6.45, 7) is 2.59. The van der Waals surface area contributed by atoms with Crippen molar-refractivity contribution in [1.82, 2.24) is 15.5 Å². The number of aromatic nitrogens is 2. The minimum absolute atomic E-state index is 0.221. The van der Waals surface area contributed by atoms with E-state index in [1.807, 2.05) is 0 Å². The zero-order valence-corrected chi connectivity index (χ0v) is 9.16. The average Bonchev–Trinajstić information content (AvgIpc) is 2.78.